The Kier molecular flexibility index (Phi) is 7.75. The lowest BCUT2D eigenvalue weighted by Crippen LogP contribution is -2.25. The van der Waals surface area contributed by atoms with Gasteiger partial charge in [0.1, 0.15) is 0 Å². The molecule has 0 aromatic heterocycles. The molecule has 29 heavy (non-hydrogen) atoms. The van der Waals surface area contributed by atoms with Crippen LogP contribution in [0.25, 0.3) is 0 Å². The molecule has 6 nitrogen and oxygen atoms in total. The van der Waals surface area contributed by atoms with Crippen molar-refractivity contribution in [1.82, 2.24) is 5.32 Å². The summed E-state index contributed by atoms with van der Waals surface area (Å²) in [5, 5.41) is 6.58. The van der Waals surface area contributed by atoms with Crippen LogP contribution in [-0.2, 0) is 16.1 Å². The van der Waals surface area contributed by atoms with Crippen molar-refractivity contribution in [2.45, 2.75) is 32.4 Å². The molecule has 1 aliphatic heterocycles. The first-order valence-corrected chi connectivity index (χ1v) is 10.1. The van der Waals surface area contributed by atoms with Gasteiger partial charge in [0.25, 0.3) is 5.91 Å². The highest BCUT2D eigenvalue weighted by molar-refractivity contribution is 6.32. The third kappa shape index (κ3) is 6.35. The van der Waals surface area contributed by atoms with E-state index in [0.29, 0.717) is 23.1 Å². The van der Waals surface area contributed by atoms with Gasteiger partial charge in [0, 0.05) is 25.4 Å². The van der Waals surface area contributed by atoms with Crippen LogP contribution in [0.4, 0.5) is 5.69 Å². The van der Waals surface area contributed by atoms with E-state index in [1.807, 2.05) is 43.3 Å². The topological polar surface area (TPSA) is 68.8 Å². The van der Waals surface area contributed by atoms with E-state index in [-0.39, 0.29) is 18.6 Å². The average molecular weight is 419 g/mol. The molecule has 1 atom stereocenters. The summed E-state index contributed by atoms with van der Waals surface area (Å²) < 4.78 is 16.7. The average Bonchev–Trinajstić information content (AvgIpc) is 3.22. The van der Waals surface area contributed by atoms with Crippen molar-refractivity contribution in [3.8, 4) is 11.5 Å². The van der Waals surface area contributed by atoms with Gasteiger partial charge in [0.2, 0.25) is 0 Å². The molecule has 1 amide bonds. The van der Waals surface area contributed by atoms with Gasteiger partial charge in [-0.1, -0.05) is 29.3 Å². The number of hydrogen-bond acceptors (Lipinski definition) is 5. The zero-order chi connectivity index (χ0) is 20.6. The molecule has 0 radical (unpaired) electrons. The Bertz CT molecular complexity index is 820. The molecule has 1 saturated heterocycles. The first-order valence-electron chi connectivity index (χ1n) is 9.73. The second kappa shape index (κ2) is 10.5. The Labute approximate surface area is 176 Å². The fourth-order valence-corrected chi connectivity index (χ4v) is 3.46. The lowest BCUT2D eigenvalue weighted by molar-refractivity contribution is -0.118. The maximum atomic E-state index is 12.2. The molecule has 1 aliphatic rings. The number of anilines is 1. The van der Waals surface area contributed by atoms with Crippen LogP contribution in [-0.4, -0.2) is 38.9 Å². The maximum Gasteiger partial charge on any atom is 0.262 e. The fraction of sp³-hybridized carbons (Fsp3) is 0.409. The van der Waals surface area contributed by atoms with Crippen molar-refractivity contribution in [2.24, 2.45) is 0 Å². The van der Waals surface area contributed by atoms with E-state index in [2.05, 4.69) is 10.6 Å². The smallest absolute Gasteiger partial charge is 0.262 e. The third-order valence-corrected chi connectivity index (χ3v) is 4.98. The minimum atomic E-state index is -0.269. The van der Waals surface area contributed by atoms with Gasteiger partial charge in [-0.25, -0.2) is 0 Å². The summed E-state index contributed by atoms with van der Waals surface area (Å²) in [5.41, 5.74) is 2.82. The number of methoxy groups -OCH3 is 1. The number of hydrogen-bond donors (Lipinski definition) is 2. The highest BCUT2D eigenvalue weighted by atomic mass is 35.5. The molecule has 0 spiro atoms. The predicted octanol–water partition coefficient (Wildman–Crippen LogP) is 3.94. The number of rotatable bonds is 9. The molecular weight excluding hydrogens is 392 g/mol. The monoisotopic (exact) mass is 418 g/mol. The number of aryl methyl sites for hydroxylation is 1. The van der Waals surface area contributed by atoms with Crippen molar-refractivity contribution in [2.75, 3.05) is 32.2 Å². The molecule has 2 aromatic rings. The Hall–Kier alpha value is -2.28. The minimum Gasteiger partial charge on any atom is -0.493 e. The molecule has 7 heteroatoms. The molecule has 3 rings (SSSR count). The Morgan fingerprint density at radius 3 is 2.76 bits per heavy atom. The van der Waals surface area contributed by atoms with E-state index in [4.69, 9.17) is 25.8 Å². The van der Waals surface area contributed by atoms with Gasteiger partial charge in [-0.3, -0.25) is 4.79 Å². The van der Waals surface area contributed by atoms with Gasteiger partial charge in [0.05, 0.1) is 18.2 Å². The minimum absolute atomic E-state index is 0.166. The Morgan fingerprint density at radius 2 is 2.07 bits per heavy atom. The maximum absolute atomic E-state index is 12.2. The molecule has 0 bridgehead atoms. The Morgan fingerprint density at radius 1 is 1.28 bits per heavy atom. The molecule has 0 aliphatic carbocycles. The van der Waals surface area contributed by atoms with Crippen molar-refractivity contribution in [3.05, 3.63) is 52.5 Å². The molecule has 2 aromatic carbocycles. The van der Waals surface area contributed by atoms with Gasteiger partial charge in [-0.15, -0.1) is 0 Å². The van der Waals surface area contributed by atoms with Gasteiger partial charge in [0.15, 0.2) is 18.1 Å². The van der Waals surface area contributed by atoms with Gasteiger partial charge >= 0.3 is 0 Å². The van der Waals surface area contributed by atoms with E-state index < -0.39 is 0 Å². The lowest BCUT2D eigenvalue weighted by atomic mass is 10.2. The number of carbonyl (C=O) groups excluding carboxylic acids is 1. The molecule has 1 heterocycles. The third-order valence-electron chi connectivity index (χ3n) is 4.70. The standard InChI is InChI=1S/C22H27ClN2O4/c1-15-5-7-17(8-6-15)25-21(26)14-29-22-19(23)10-16(11-20(22)27-2)12-24-13-18-4-3-9-28-18/h5-8,10-11,18,24H,3-4,9,12-14H2,1-2H3,(H,25,26)/t18-/m1/s1. The summed E-state index contributed by atoms with van der Waals surface area (Å²) >= 11 is 6.39. The first kappa shape index (κ1) is 21.4. The van der Waals surface area contributed by atoms with Crippen molar-refractivity contribution in [3.63, 3.8) is 0 Å². The quantitative estimate of drug-likeness (QED) is 0.645. The SMILES string of the molecule is COc1cc(CNC[C@H]2CCCO2)cc(Cl)c1OCC(=O)Nc1ccc(C)cc1. The van der Waals surface area contributed by atoms with Crippen LogP contribution < -0.4 is 20.1 Å². The van der Waals surface area contributed by atoms with E-state index in [9.17, 15) is 4.79 Å². The largest absolute Gasteiger partial charge is 0.493 e. The lowest BCUT2D eigenvalue weighted by Gasteiger charge is -2.15. The van der Waals surface area contributed by atoms with Crippen molar-refractivity contribution >= 4 is 23.2 Å². The van der Waals surface area contributed by atoms with Crippen LogP contribution >= 0.6 is 11.6 Å². The van der Waals surface area contributed by atoms with Gasteiger partial charge in [-0.05, 0) is 49.6 Å². The zero-order valence-corrected chi connectivity index (χ0v) is 17.6. The second-order valence-electron chi connectivity index (χ2n) is 7.08. The highest BCUT2D eigenvalue weighted by Crippen LogP contribution is 2.36. The van der Waals surface area contributed by atoms with Gasteiger partial charge < -0.3 is 24.8 Å². The summed E-state index contributed by atoms with van der Waals surface area (Å²) in [6, 6.07) is 11.2. The molecule has 1 fully saturated rings. The van der Waals surface area contributed by atoms with Crippen LogP contribution in [0.1, 0.15) is 24.0 Å². The van der Waals surface area contributed by atoms with Crippen molar-refractivity contribution < 1.29 is 19.0 Å². The number of ether oxygens (including phenoxy) is 3. The molecule has 0 saturated carbocycles. The van der Waals surface area contributed by atoms with E-state index in [0.717, 1.165) is 42.8 Å². The first-order chi connectivity index (χ1) is 14.0. The summed E-state index contributed by atoms with van der Waals surface area (Å²) in [6.07, 6.45) is 2.49. The van der Waals surface area contributed by atoms with Crippen LogP contribution in [0, 0.1) is 6.92 Å². The fourth-order valence-electron chi connectivity index (χ4n) is 3.17. The van der Waals surface area contributed by atoms with Crippen LogP contribution in [0.5, 0.6) is 11.5 Å². The normalized spacial score (nSPS) is 15.9. The molecular formula is C22H27ClN2O4. The van der Waals surface area contributed by atoms with Crippen molar-refractivity contribution in [1.29, 1.82) is 0 Å². The summed E-state index contributed by atoms with van der Waals surface area (Å²) in [4.78, 5) is 12.2. The molecule has 156 valence electrons. The van der Waals surface area contributed by atoms with Crippen LogP contribution in [0.2, 0.25) is 5.02 Å². The number of halogens is 1. The summed E-state index contributed by atoms with van der Waals surface area (Å²) in [5.74, 6) is 0.583. The van der Waals surface area contributed by atoms with E-state index in [1.54, 1.807) is 7.11 Å². The van der Waals surface area contributed by atoms with E-state index >= 15 is 0 Å². The second-order valence-corrected chi connectivity index (χ2v) is 7.49. The number of benzene rings is 2. The molecule has 0 unspecified atom stereocenters. The highest BCUT2D eigenvalue weighted by Gasteiger charge is 2.16. The predicted molar refractivity (Wildman–Crippen MR) is 114 cm³/mol. The number of amides is 1. The zero-order valence-electron chi connectivity index (χ0n) is 16.8. The van der Waals surface area contributed by atoms with Gasteiger partial charge in [-0.2, -0.15) is 0 Å². The summed E-state index contributed by atoms with van der Waals surface area (Å²) in [7, 11) is 1.55. The van der Waals surface area contributed by atoms with Crippen LogP contribution in [0.3, 0.4) is 0 Å². The summed E-state index contributed by atoms with van der Waals surface area (Å²) in [6.45, 7) is 4.11. The van der Waals surface area contributed by atoms with E-state index in [1.165, 1.54) is 0 Å². The number of nitrogens with one attached hydrogen (secondary N) is 2. The molecule has 2 N–H and O–H groups in total. The Balaban J connectivity index is 1.55. The van der Waals surface area contributed by atoms with Crippen LogP contribution in [0.15, 0.2) is 36.4 Å². The number of carbonyl (C=O) groups is 1.